The summed E-state index contributed by atoms with van der Waals surface area (Å²) in [5, 5.41) is 3.67. The second kappa shape index (κ2) is 6.79. The summed E-state index contributed by atoms with van der Waals surface area (Å²) in [6.07, 6.45) is 3.39. The summed E-state index contributed by atoms with van der Waals surface area (Å²) in [5.74, 6) is 0.700. The van der Waals surface area contributed by atoms with Crippen molar-refractivity contribution < 1.29 is 0 Å². The van der Waals surface area contributed by atoms with E-state index in [-0.39, 0.29) is 5.54 Å². The number of rotatable bonds is 7. The number of hydrogen-bond acceptors (Lipinski definition) is 2. The summed E-state index contributed by atoms with van der Waals surface area (Å²) < 4.78 is 0. The van der Waals surface area contributed by atoms with Crippen molar-refractivity contribution >= 4 is 5.69 Å². The highest BCUT2D eigenvalue weighted by molar-refractivity contribution is 5.47. The minimum absolute atomic E-state index is 0.0310. The Morgan fingerprint density at radius 2 is 2.06 bits per heavy atom. The highest BCUT2D eigenvalue weighted by Crippen LogP contribution is 2.27. The molecule has 2 atom stereocenters. The zero-order chi connectivity index (χ0) is 13.6. The first kappa shape index (κ1) is 15.0. The molecular weight excluding hydrogens is 220 g/mol. The van der Waals surface area contributed by atoms with Gasteiger partial charge in [-0.2, -0.15) is 0 Å². The van der Waals surface area contributed by atoms with Gasteiger partial charge in [-0.1, -0.05) is 39.3 Å². The minimum atomic E-state index is 0.0310. The number of benzene rings is 1. The van der Waals surface area contributed by atoms with Gasteiger partial charge in [0, 0.05) is 17.8 Å². The summed E-state index contributed by atoms with van der Waals surface area (Å²) in [6.45, 7) is 9.57. The lowest BCUT2D eigenvalue weighted by Crippen LogP contribution is -2.46. The largest absolute Gasteiger partial charge is 0.378 e. The molecule has 0 amide bonds. The van der Waals surface area contributed by atoms with Crippen molar-refractivity contribution in [1.82, 2.24) is 0 Å². The van der Waals surface area contributed by atoms with Crippen LogP contribution in [0.3, 0.4) is 0 Å². The second-order valence-corrected chi connectivity index (χ2v) is 5.55. The minimum Gasteiger partial charge on any atom is -0.378 e. The summed E-state index contributed by atoms with van der Waals surface area (Å²) >= 11 is 0. The van der Waals surface area contributed by atoms with Crippen LogP contribution in [0.25, 0.3) is 0 Å². The average Bonchev–Trinajstić information content (AvgIpc) is 2.37. The van der Waals surface area contributed by atoms with Crippen LogP contribution in [0, 0.1) is 12.8 Å². The fraction of sp³-hybridized carbons (Fsp3) is 0.625. The van der Waals surface area contributed by atoms with Crippen molar-refractivity contribution in [1.29, 1.82) is 0 Å². The van der Waals surface area contributed by atoms with Gasteiger partial charge in [0.05, 0.1) is 0 Å². The first-order valence-corrected chi connectivity index (χ1v) is 7.10. The van der Waals surface area contributed by atoms with Crippen molar-refractivity contribution in [3.05, 3.63) is 29.8 Å². The van der Waals surface area contributed by atoms with Crippen LogP contribution in [0.2, 0.25) is 0 Å². The van der Waals surface area contributed by atoms with E-state index >= 15 is 0 Å². The third kappa shape index (κ3) is 4.02. The molecule has 2 unspecified atom stereocenters. The van der Waals surface area contributed by atoms with Crippen molar-refractivity contribution in [2.75, 3.05) is 11.9 Å². The van der Waals surface area contributed by atoms with Gasteiger partial charge in [-0.05, 0) is 43.4 Å². The summed E-state index contributed by atoms with van der Waals surface area (Å²) in [7, 11) is 0. The van der Waals surface area contributed by atoms with E-state index in [1.807, 2.05) is 0 Å². The molecule has 0 heterocycles. The van der Waals surface area contributed by atoms with Crippen molar-refractivity contribution in [3.63, 3.8) is 0 Å². The summed E-state index contributed by atoms with van der Waals surface area (Å²) in [4.78, 5) is 0. The lowest BCUT2D eigenvalue weighted by Gasteiger charge is -2.36. The first-order chi connectivity index (χ1) is 8.55. The maximum atomic E-state index is 6.04. The quantitative estimate of drug-likeness (QED) is 0.766. The Labute approximate surface area is 112 Å². The van der Waals surface area contributed by atoms with Crippen LogP contribution >= 0.6 is 0 Å². The van der Waals surface area contributed by atoms with Gasteiger partial charge in [-0.15, -0.1) is 0 Å². The van der Waals surface area contributed by atoms with Crippen LogP contribution in [-0.4, -0.2) is 12.1 Å². The standard InChI is InChI=1S/C16H28N2/c1-5-13(3)11-16(6-2,12-17)18-15-9-7-8-14(4)10-15/h7-10,13,18H,5-6,11-12,17H2,1-4H3. The lowest BCUT2D eigenvalue weighted by molar-refractivity contribution is 0.346. The SMILES string of the molecule is CCC(C)CC(CC)(CN)Nc1cccc(C)c1. The number of nitrogens with one attached hydrogen (secondary N) is 1. The third-order valence-corrected chi connectivity index (χ3v) is 3.93. The Bertz CT molecular complexity index is 356. The molecule has 0 spiro atoms. The molecular formula is C16H28N2. The molecule has 0 aliphatic rings. The molecule has 1 aromatic carbocycles. The molecule has 18 heavy (non-hydrogen) atoms. The van der Waals surface area contributed by atoms with Crippen molar-refractivity contribution in [2.24, 2.45) is 11.7 Å². The molecule has 0 bridgehead atoms. The Morgan fingerprint density at radius 1 is 1.33 bits per heavy atom. The normalized spacial score (nSPS) is 16.1. The van der Waals surface area contributed by atoms with Gasteiger partial charge >= 0.3 is 0 Å². The van der Waals surface area contributed by atoms with Crippen LogP contribution in [0.5, 0.6) is 0 Å². The first-order valence-electron chi connectivity index (χ1n) is 7.10. The maximum absolute atomic E-state index is 6.04. The Balaban J connectivity index is 2.84. The molecule has 102 valence electrons. The van der Waals surface area contributed by atoms with E-state index in [1.54, 1.807) is 0 Å². The Kier molecular flexibility index (Phi) is 5.67. The van der Waals surface area contributed by atoms with E-state index in [0.29, 0.717) is 12.5 Å². The highest BCUT2D eigenvalue weighted by Gasteiger charge is 2.27. The van der Waals surface area contributed by atoms with Gasteiger partial charge in [0.15, 0.2) is 0 Å². The van der Waals surface area contributed by atoms with E-state index < -0.39 is 0 Å². The van der Waals surface area contributed by atoms with Gasteiger partial charge in [-0.25, -0.2) is 0 Å². The predicted molar refractivity (Wildman–Crippen MR) is 81.0 cm³/mol. The van der Waals surface area contributed by atoms with Gasteiger partial charge < -0.3 is 11.1 Å². The van der Waals surface area contributed by atoms with Gasteiger partial charge in [0.25, 0.3) is 0 Å². The van der Waals surface area contributed by atoms with Crippen molar-refractivity contribution in [2.45, 2.75) is 52.5 Å². The van der Waals surface area contributed by atoms with E-state index in [9.17, 15) is 0 Å². The monoisotopic (exact) mass is 248 g/mol. The molecule has 3 N–H and O–H groups in total. The molecule has 0 aliphatic carbocycles. The summed E-state index contributed by atoms with van der Waals surface area (Å²) in [6, 6.07) is 8.54. The molecule has 0 saturated heterocycles. The smallest absolute Gasteiger partial charge is 0.0495 e. The average molecular weight is 248 g/mol. The molecule has 2 heteroatoms. The third-order valence-electron chi connectivity index (χ3n) is 3.93. The molecule has 0 radical (unpaired) electrons. The summed E-state index contributed by atoms with van der Waals surface area (Å²) in [5.41, 5.74) is 8.54. The maximum Gasteiger partial charge on any atom is 0.0495 e. The number of anilines is 1. The molecule has 1 aromatic rings. The van der Waals surface area contributed by atoms with Crippen LogP contribution in [0.15, 0.2) is 24.3 Å². The van der Waals surface area contributed by atoms with E-state index in [0.717, 1.165) is 12.8 Å². The lowest BCUT2D eigenvalue weighted by atomic mass is 9.84. The van der Waals surface area contributed by atoms with Gasteiger partial charge in [0.2, 0.25) is 0 Å². The Hall–Kier alpha value is -1.02. The van der Waals surface area contributed by atoms with Gasteiger partial charge in [-0.3, -0.25) is 0 Å². The molecule has 0 saturated carbocycles. The van der Waals surface area contributed by atoms with E-state index in [1.165, 1.54) is 17.7 Å². The van der Waals surface area contributed by atoms with Crippen molar-refractivity contribution in [3.8, 4) is 0 Å². The zero-order valence-corrected chi connectivity index (χ0v) is 12.3. The van der Waals surface area contributed by atoms with Gasteiger partial charge in [0.1, 0.15) is 0 Å². The topological polar surface area (TPSA) is 38.0 Å². The van der Waals surface area contributed by atoms with Crippen LogP contribution in [-0.2, 0) is 0 Å². The molecule has 0 aromatic heterocycles. The Morgan fingerprint density at radius 3 is 2.56 bits per heavy atom. The fourth-order valence-electron chi connectivity index (χ4n) is 2.40. The number of nitrogens with two attached hydrogens (primary N) is 1. The van der Waals surface area contributed by atoms with E-state index in [4.69, 9.17) is 5.73 Å². The predicted octanol–water partition coefficient (Wildman–Crippen LogP) is 3.95. The van der Waals surface area contributed by atoms with E-state index in [2.05, 4.69) is 57.3 Å². The zero-order valence-electron chi connectivity index (χ0n) is 12.3. The molecule has 2 nitrogen and oxygen atoms in total. The number of hydrogen-bond donors (Lipinski definition) is 2. The highest BCUT2D eigenvalue weighted by atomic mass is 15.0. The van der Waals surface area contributed by atoms with Crippen LogP contribution in [0.4, 0.5) is 5.69 Å². The molecule has 0 aliphatic heterocycles. The fourth-order valence-corrected chi connectivity index (χ4v) is 2.40. The number of aryl methyl sites for hydroxylation is 1. The molecule has 1 rings (SSSR count). The van der Waals surface area contributed by atoms with Crippen LogP contribution < -0.4 is 11.1 Å². The van der Waals surface area contributed by atoms with Crippen LogP contribution in [0.1, 0.15) is 45.6 Å². The molecule has 0 fully saturated rings. The second-order valence-electron chi connectivity index (χ2n) is 5.55.